The van der Waals surface area contributed by atoms with E-state index >= 15 is 0 Å². The number of hydrogen-bond donors (Lipinski definition) is 1. The number of anilines is 1. The summed E-state index contributed by atoms with van der Waals surface area (Å²) in [6, 6.07) is 8.31. The summed E-state index contributed by atoms with van der Waals surface area (Å²) in [6.07, 6.45) is 3.16. The molecular weight excluding hydrogens is 421 g/mol. The Morgan fingerprint density at radius 1 is 1.26 bits per heavy atom. The monoisotopic (exact) mass is 428 g/mol. The second-order valence-electron chi connectivity index (χ2n) is 5.25. The predicted molar refractivity (Wildman–Crippen MR) is 92.5 cm³/mol. The standard InChI is InChI=1S/C17H9BrFN5O3/c18-11-6-14(10(17(26)27)5-12(11)19)21-16(25)13-1-2-15(23-22-13)24-4-3-9(7-20)8-24/h1-6,8H,(H,21,25)(H,26,27)/p-1. The fourth-order valence-corrected chi connectivity index (χ4v) is 2.54. The molecule has 1 aromatic carbocycles. The number of nitriles is 1. The molecule has 8 nitrogen and oxygen atoms in total. The number of halogens is 2. The summed E-state index contributed by atoms with van der Waals surface area (Å²) in [7, 11) is 0. The number of nitrogens with zero attached hydrogens (tertiary/aromatic N) is 4. The molecule has 0 aliphatic heterocycles. The van der Waals surface area contributed by atoms with E-state index in [2.05, 4.69) is 31.4 Å². The van der Waals surface area contributed by atoms with Crippen LogP contribution in [0.2, 0.25) is 0 Å². The lowest BCUT2D eigenvalue weighted by molar-refractivity contribution is -0.254. The molecule has 2 heterocycles. The molecule has 3 aromatic rings. The molecule has 0 fully saturated rings. The second kappa shape index (κ2) is 7.35. The van der Waals surface area contributed by atoms with Crippen molar-refractivity contribution in [2.45, 2.75) is 0 Å². The minimum Gasteiger partial charge on any atom is -0.545 e. The molecule has 134 valence electrons. The largest absolute Gasteiger partial charge is 0.545 e. The molecule has 0 unspecified atom stereocenters. The third-order valence-corrected chi connectivity index (χ3v) is 4.11. The number of nitrogens with one attached hydrogen (secondary N) is 1. The third kappa shape index (κ3) is 3.83. The van der Waals surface area contributed by atoms with E-state index in [1.54, 1.807) is 23.0 Å². The number of aromatic carboxylic acids is 1. The van der Waals surface area contributed by atoms with Gasteiger partial charge in [-0.25, -0.2) is 4.39 Å². The zero-order chi connectivity index (χ0) is 19.6. The van der Waals surface area contributed by atoms with Crippen LogP contribution in [0.5, 0.6) is 0 Å². The van der Waals surface area contributed by atoms with Gasteiger partial charge >= 0.3 is 0 Å². The van der Waals surface area contributed by atoms with Crippen LogP contribution in [0.1, 0.15) is 26.4 Å². The maximum Gasteiger partial charge on any atom is 0.276 e. The van der Waals surface area contributed by atoms with E-state index in [0.29, 0.717) is 11.4 Å². The highest BCUT2D eigenvalue weighted by atomic mass is 79.9. The molecule has 0 radical (unpaired) electrons. The molecule has 3 rings (SSSR count). The third-order valence-electron chi connectivity index (χ3n) is 3.50. The first kappa shape index (κ1) is 18.2. The van der Waals surface area contributed by atoms with E-state index in [-0.39, 0.29) is 15.9 Å². The fraction of sp³-hybridized carbons (Fsp3) is 0. The van der Waals surface area contributed by atoms with Gasteiger partial charge in [-0.2, -0.15) is 5.26 Å². The van der Waals surface area contributed by atoms with E-state index in [1.165, 1.54) is 12.1 Å². The van der Waals surface area contributed by atoms with Crippen molar-refractivity contribution in [2.75, 3.05) is 5.32 Å². The molecule has 1 amide bonds. The van der Waals surface area contributed by atoms with Crippen molar-refractivity contribution in [1.29, 1.82) is 5.26 Å². The Bertz CT molecular complexity index is 1090. The summed E-state index contributed by atoms with van der Waals surface area (Å²) in [5.74, 6) is -2.80. The van der Waals surface area contributed by atoms with E-state index in [0.717, 1.165) is 12.1 Å². The van der Waals surface area contributed by atoms with Crippen LogP contribution < -0.4 is 10.4 Å². The number of carbonyl (C=O) groups excluding carboxylic acids is 2. The van der Waals surface area contributed by atoms with Crippen LogP contribution in [0, 0.1) is 17.1 Å². The molecule has 2 aromatic heterocycles. The topological polar surface area (TPSA) is 124 Å². The van der Waals surface area contributed by atoms with Crippen molar-refractivity contribution in [3.63, 3.8) is 0 Å². The predicted octanol–water partition coefficient (Wildman–Crippen LogP) is 1.66. The normalized spacial score (nSPS) is 10.3. The lowest BCUT2D eigenvalue weighted by Gasteiger charge is -2.12. The number of aromatic nitrogens is 3. The first-order valence-electron chi connectivity index (χ1n) is 7.33. The summed E-state index contributed by atoms with van der Waals surface area (Å²) in [4.78, 5) is 23.4. The number of carboxylic acid groups (broad SMARTS) is 1. The number of carbonyl (C=O) groups is 2. The second-order valence-corrected chi connectivity index (χ2v) is 6.10. The zero-order valence-corrected chi connectivity index (χ0v) is 14.9. The van der Waals surface area contributed by atoms with E-state index in [4.69, 9.17) is 5.26 Å². The summed E-state index contributed by atoms with van der Waals surface area (Å²) in [5.41, 5.74) is -0.306. The van der Waals surface area contributed by atoms with Gasteiger partial charge in [-0.1, -0.05) is 0 Å². The Morgan fingerprint density at radius 3 is 2.63 bits per heavy atom. The molecule has 0 aliphatic rings. The first-order chi connectivity index (χ1) is 12.9. The molecule has 1 N–H and O–H groups in total. The molecule has 0 bridgehead atoms. The molecule has 10 heteroatoms. The molecule has 0 saturated heterocycles. The Morgan fingerprint density at radius 2 is 2.04 bits per heavy atom. The minimum atomic E-state index is -1.64. The van der Waals surface area contributed by atoms with E-state index in [1.807, 2.05) is 6.07 Å². The van der Waals surface area contributed by atoms with Crippen LogP contribution in [0.3, 0.4) is 0 Å². The van der Waals surface area contributed by atoms with Crippen LogP contribution in [-0.4, -0.2) is 26.6 Å². The first-order valence-corrected chi connectivity index (χ1v) is 8.12. The van der Waals surface area contributed by atoms with Gasteiger partial charge in [0.1, 0.15) is 11.9 Å². The van der Waals surface area contributed by atoms with Crippen molar-refractivity contribution in [3.05, 3.63) is 69.8 Å². The quantitative estimate of drug-likeness (QED) is 0.673. The van der Waals surface area contributed by atoms with Gasteiger partial charge in [-0.3, -0.25) is 4.79 Å². The van der Waals surface area contributed by atoms with Crippen molar-refractivity contribution in [3.8, 4) is 11.9 Å². The lowest BCUT2D eigenvalue weighted by Crippen LogP contribution is -2.25. The van der Waals surface area contributed by atoms with Crippen LogP contribution in [0.25, 0.3) is 5.82 Å². The lowest BCUT2D eigenvalue weighted by atomic mass is 10.1. The number of hydrogen-bond acceptors (Lipinski definition) is 6. The van der Waals surface area contributed by atoms with Crippen LogP contribution in [-0.2, 0) is 0 Å². The average molecular weight is 429 g/mol. The molecule has 0 spiro atoms. The van der Waals surface area contributed by atoms with Gasteiger partial charge in [0.25, 0.3) is 5.91 Å². The molecule has 0 saturated carbocycles. The molecule has 0 aliphatic carbocycles. The summed E-state index contributed by atoms with van der Waals surface area (Å²) in [5, 5.41) is 30.0. The highest BCUT2D eigenvalue weighted by molar-refractivity contribution is 9.10. The van der Waals surface area contributed by atoms with Gasteiger partial charge in [-0.15, -0.1) is 10.2 Å². The molecular formula is C17H8BrFN5O3-. The summed E-state index contributed by atoms with van der Waals surface area (Å²) in [6.45, 7) is 0. The summed E-state index contributed by atoms with van der Waals surface area (Å²) < 4.78 is 15.0. The minimum absolute atomic E-state index is 0.0230. The van der Waals surface area contributed by atoms with Gasteiger partial charge in [0.2, 0.25) is 0 Å². The van der Waals surface area contributed by atoms with Crippen molar-refractivity contribution >= 4 is 33.5 Å². The summed E-state index contributed by atoms with van der Waals surface area (Å²) >= 11 is 2.93. The van der Waals surface area contributed by atoms with Crippen molar-refractivity contribution < 1.29 is 19.1 Å². The van der Waals surface area contributed by atoms with Gasteiger partial charge < -0.3 is 19.8 Å². The fourth-order valence-electron chi connectivity index (χ4n) is 2.19. The maximum atomic E-state index is 13.5. The van der Waals surface area contributed by atoms with Gasteiger partial charge in [0.05, 0.1) is 21.7 Å². The number of amides is 1. The molecule has 0 atom stereocenters. The van der Waals surface area contributed by atoms with E-state index in [9.17, 15) is 19.1 Å². The maximum absolute atomic E-state index is 13.5. The van der Waals surface area contributed by atoms with Crippen molar-refractivity contribution in [2.24, 2.45) is 0 Å². The Kier molecular flexibility index (Phi) is 4.96. The van der Waals surface area contributed by atoms with Gasteiger partial charge in [0.15, 0.2) is 11.5 Å². The van der Waals surface area contributed by atoms with Gasteiger partial charge in [0, 0.05) is 18.0 Å². The SMILES string of the molecule is N#Cc1ccn(-c2ccc(C(=O)Nc3cc(Br)c(F)cc3C(=O)[O-])nn2)c1. The Labute approximate surface area is 160 Å². The average Bonchev–Trinajstić information content (AvgIpc) is 3.13. The van der Waals surface area contributed by atoms with Crippen LogP contribution in [0.4, 0.5) is 10.1 Å². The smallest absolute Gasteiger partial charge is 0.276 e. The van der Waals surface area contributed by atoms with Crippen LogP contribution >= 0.6 is 15.9 Å². The highest BCUT2D eigenvalue weighted by Gasteiger charge is 2.15. The number of rotatable bonds is 4. The van der Waals surface area contributed by atoms with Crippen molar-refractivity contribution in [1.82, 2.24) is 14.8 Å². The molecule has 27 heavy (non-hydrogen) atoms. The van der Waals surface area contributed by atoms with Crippen LogP contribution in [0.15, 0.2) is 47.2 Å². The highest BCUT2D eigenvalue weighted by Crippen LogP contribution is 2.25. The number of carboxylic acids is 1. The zero-order valence-electron chi connectivity index (χ0n) is 13.3. The van der Waals surface area contributed by atoms with E-state index < -0.39 is 23.3 Å². The van der Waals surface area contributed by atoms with Gasteiger partial charge in [-0.05, 0) is 46.3 Å². The Hall–Kier alpha value is -3.58. The number of benzene rings is 1. The Balaban J connectivity index is 1.84.